The minimum atomic E-state index is 0.0512. The van der Waals surface area contributed by atoms with Crippen LogP contribution in [0.2, 0.25) is 0 Å². The number of hydrogen-bond acceptors (Lipinski definition) is 3. The predicted molar refractivity (Wildman–Crippen MR) is 90.3 cm³/mol. The Balaban J connectivity index is 2.30. The Morgan fingerprint density at radius 3 is 2.48 bits per heavy atom. The standard InChI is InChI=1S/C16H18BrN3O/c1-20(10-11-3-5-12(17)6-4-11)15-9-13(21-2)7-8-14(15)16(18)19/h3-9H,10H2,1-2H3,(H3,18,19). The van der Waals surface area contributed by atoms with Gasteiger partial charge in [-0.3, -0.25) is 5.41 Å². The first kappa shape index (κ1) is 15.4. The Kier molecular flexibility index (Phi) is 4.85. The van der Waals surface area contributed by atoms with Crippen LogP contribution in [0, 0.1) is 5.41 Å². The highest BCUT2D eigenvalue weighted by Crippen LogP contribution is 2.26. The van der Waals surface area contributed by atoms with Gasteiger partial charge < -0.3 is 15.4 Å². The van der Waals surface area contributed by atoms with Gasteiger partial charge in [-0.05, 0) is 29.8 Å². The van der Waals surface area contributed by atoms with Crippen molar-refractivity contribution in [2.24, 2.45) is 5.73 Å². The SMILES string of the molecule is COc1ccc(C(=N)N)c(N(C)Cc2ccc(Br)cc2)c1. The van der Waals surface area contributed by atoms with Crippen molar-refractivity contribution in [2.75, 3.05) is 19.1 Å². The number of nitrogen functional groups attached to an aromatic ring is 1. The first-order valence-electron chi connectivity index (χ1n) is 6.49. The molecule has 2 rings (SSSR count). The third-order valence-corrected chi connectivity index (χ3v) is 3.77. The van der Waals surface area contributed by atoms with Gasteiger partial charge in [0, 0.05) is 29.7 Å². The zero-order valence-corrected chi connectivity index (χ0v) is 13.6. The zero-order chi connectivity index (χ0) is 15.4. The van der Waals surface area contributed by atoms with Crippen LogP contribution in [0.1, 0.15) is 11.1 Å². The topological polar surface area (TPSA) is 62.3 Å². The molecule has 3 N–H and O–H groups in total. The smallest absolute Gasteiger partial charge is 0.124 e. The van der Waals surface area contributed by atoms with Crippen molar-refractivity contribution in [2.45, 2.75) is 6.54 Å². The van der Waals surface area contributed by atoms with Crippen molar-refractivity contribution < 1.29 is 4.74 Å². The van der Waals surface area contributed by atoms with Crippen LogP contribution < -0.4 is 15.4 Å². The summed E-state index contributed by atoms with van der Waals surface area (Å²) in [6, 6.07) is 13.7. The molecule has 2 aromatic carbocycles. The van der Waals surface area contributed by atoms with E-state index in [0.717, 1.165) is 22.5 Å². The van der Waals surface area contributed by atoms with Crippen molar-refractivity contribution in [3.63, 3.8) is 0 Å². The Labute approximate surface area is 133 Å². The number of anilines is 1. The number of nitrogens with zero attached hydrogens (tertiary/aromatic N) is 1. The number of methoxy groups -OCH3 is 1. The molecule has 0 aliphatic heterocycles. The lowest BCUT2D eigenvalue weighted by Crippen LogP contribution is -2.22. The summed E-state index contributed by atoms with van der Waals surface area (Å²) in [7, 11) is 3.60. The number of ether oxygens (including phenoxy) is 1. The van der Waals surface area contributed by atoms with Gasteiger partial charge in [0.25, 0.3) is 0 Å². The molecule has 5 heteroatoms. The minimum Gasteiger partial charge on any atom is -0.497 e. The molecule has 0 atom stereocenters. The molecular formula is C16H18BrN3O. The molecule has 2 aromatic rings. The molecule has 0 saturated heterocycles. The second-order valence-corrected chi connectivity index (χ2v) is 5.69. The molecule has 0 bridgehead atoms. The molecule has 21 heavy (non-hydrogen) atoms. The van der Waals surface area contributed by atoms with Gasteiger partial charge in [0.1, 0.15) is 11.6 Å². The maximum absolute atomic E-state index is 7.71. The van der Waals surface area contributed by atoms with Crippen LogP contribution in [0.5, 0.6) is 5.75 Å². The Hall–Kier alpha value is -2.01. The summed E-state index contributed by atoms with van der Waals surface area (Å²) < 4.78 is 6.32. The summed E-state index contributed by atoms with van der Waals surface area (Å²) in [6.07, 6.45) is 0. The van der Waals surface area contributed by atoms with Gasteiger partial charge in [0.2, 0.25) is 0 Å². The van der Waals surface area contributed by atoms with Gasteiger partial charge in [-0.25, -0.2) is 0 Å². The highest BCUT2D eigenvalue weighted by Gasteiger charge is 2.12. The lowest BCUT2D eigenvalue weighted by molar-refractivity contribution is 0.415. The fourth-order valence-corrected chi connectivity index (χ4v) is 2.40. The summed E-state index contributed by atoms with van der Waals surface area (Å²) in [5.41, 5.74) is 8.43. The number of benzene rings is 2. The fraction of sp³-hybridized carbons (Fsp3) is 0.188. The summed E-state index contributed by atoms with van der Waals surface area (Å²) >= 11 is 3.43. The van der Waals surface area contributed by atoms with E-state index >= 15 is 0 Å². The molecule has 0 spiro atoms. The van der Waals surface area contributed by atoms with Crippen molar-refractivity contribution >= 4 is 27.5 Å². The molecule has 0 fully saturated rings. The fourth-order valence-electron chi connectivity index (χ4n) is 2.13. The van der Waals surface area contributed by atoms with E-state index in [1.54, 1.807) is 7.11 Å². The summed E-state index contributed by atoms with van der Waals surface area (Å²) in [4.78, 5) is 2.06. The van der Waals surface area contributed by atoms with Gasteiger partial charge in [0.15, 0.2) is 0 Å². The molecule has 0 aliphatic carbocycles. The van der Waals surface area contributed by atoms with E-state index in [9.17, 15) is 0 Å². The third kappa shape index (κ3) is 3.76. The van der Waals surface area contributed by atoms with Gasteiger partial charge >= 0.3 is 0 Å². The van der Waals surface area contributed by atoms with Gasteiger partial charge in [0.05, 0.1) is 12.8 Å². The third-order valence-electron chi connectivity index (χ3n) is 3.24. The molecule has 0 radical (unpaired) electrons. The predicted octanol–water partition coefficient (Wildman–Crippen LogP) is 3.38. The average molecular weight is 348 g/mol. The molecule has 0 unspecified atom stereocenters. The maximum Gasteiger partial charge on any atom is 0.124 e. The Bertz CT molecular complexity index is 640. The molecule has 0 amide bonds. The molecule has 110 valence electrons. The van der Waals surface area contributed by atoms with Crippen molar-refractivity contribution in [1.29, 1.82) is 5.41 Å². The summed E-state index contributed by atoms with van der Waals surface area (Å²) in [6.45, 7) is 0.723. The second-order valence-electron chi connectivity index (χ2n) is 4.78. The van der Waals surface area contributed by atoms with Crippen LogP contribution in [0.15, 0.2) is 46.9 Å². The van der Waals surface area contributed by atoms with Gasteiger partial charge in [-0.2, -0.15) is 0 Å². The number of nitrogens with one attached hydrogen (secondary N) is 1. The number of halogens is 1. The van der Waals surface area contributed by atoms with Crippen LogP contribution >= 0.6 is 15.9 Å². The van der Waals surface area contributed by atoms with Gasteiger partial charge in [-0.1, -0.05) is 28.1 Å². The van der Waals surface area contributed by atoms with E-state index in [0.29, 0.717) is 5.56 Å². The number of nitrogens with two attached hydrogens (primary N) is 1. The van der Waals surface area contributed by atoms with E-state index in [1.165, 1.54) is 5.56 Å². The van der Waals surface area contributed by atoms with E-state index in [-0.39, 0.29) is 5.84 Å². The van der Waals surface area contributed by atoms with E-state index < -0.39 is 0 Å². The van der Waals surface area contributed by atoms with E-state index in [1.807, 2.05) is 37.4 Å². The molecule has 0 aromatic heterocycles. The van der Waals surface area contributed by atoms with Crippen LogP contribution in [-0.4, -0.2) is 20.0 Å². The minimum absolute atomic E-state index is 0.0512. The quantitative estimate of drug-likeness (QED) is 0.643. The molecule has 0 heterocycles. The highest BCUT2D eigenvalue weighted by atomic mass is 79.9. The van der Waals surface area contributed by atoms with Crippen LogP contribution in [0.4, 0.5) is 5.69 Å². The van der Waals surface area contributed by atoms with Crippen LogP contribution in [0.25, 0.3) is 0 Å². The Morgan fingerprint density at radius 1 is 1.24 bits per heavy atom. The van der Waals surface area contributed by atoms with Crippen molar-refractivity contribution in [3.8, 4) is 5.75 Å². The normalized spacial score (nSPS) is 10.2. The number of amidine groups is 1. The summed E-state index contributed by atoms with van der Waals surface area (Å²) in [5.74, 6) is 0.799. The second kappa shape index (κ2) is 6.63. The lowest BCUT2D eigenvalue weighted by atomic mass is 10.1. The highest BCUT2D eigenvalue weighted by molar-refractivity contribution is 9.10. The Morgan fingerprint density at radius 2 is 1.90 bits per heavy atom. The largest absolute Gasteiger partial charge is 0.497 e. The molecule has 4 nitrogen and oxygen atoms in total. The van der Waals surface area contributed by atoms with Crippen LogP contribution in [0.3, 0.4) is 0 Å². The maximum atomic E-state index is 7.71. The number of hydrogen-bond donors (Lipinski definition) is 2. The van der Waals surface area contributed by atoms with Crippen LogP contribution in [-0.2, 0) is 6.54 Å². The van der Waals surface area contributed by atoms with E-state index in [4.69, 9.17) is 15.9 Å². The van der Waals surface area contributed by atoms with E-state index in [2.05, 4.69) is 33.0 Å². The molecule has 0 aliphatic rings. The summed E-state index contributed by atoms with van der Waals surface area (Å²) in [5, 5.41) is 7.71. The van der Waals surface area contributed by atoms with Crippen molar-refractivity contribution in [3.05, 3.63) is 58.1 Å². The van der Waals surface area contributed by atoms with Gasteiger partial charge in [-0.15, -0.1) is 0 Å². The molecule has 0 saturated carbocycles. The first-order chi connectivity index (χ1) is 10.0. The zero-order valence-electron chi connectivity index (χ0n) is 12.1. The lowest BCUT2D eigenvalue weighted by Gasteiger charge is -2.23. The monoisotopic (exact) mass is 347 g/mol. The average Bonchev–Trinajstić information content (AvgIpc) is 2.48. The number of rotatable bonds is 5. The first-order valence-corrected chi connectivity index (χ1v) is 7.28. The molecular weight excluding hydrogens is 330 g/mol. The van der Waals surface area contributed by atoms with Crippen molar-refractivity contribution in [1.82, 2.24) is 0 Å².